The quantitative estimate of drug-likeness (QED) is 0.709. The van der Waals surface area contributed by atoms with Gasteiger partial charge in [-0.3, -0.25) is 5.01 Å². The maximum Gasteiger partial charge on any atom is 0.127 e. The number of nitrogens with one attached hydrogen (secondary N) is 1. The van der Waals surface area contributed by atoms with E-state index in [0.29, 0.717) is 0 Å². The van der Waals surface area contributed by atoms with Gasteiger partial charge in [0.15, 0.2) is 0 Å². The Hall–Kier alpha value is -2.85. The van der Waals surface area contributed by atoms with Crippen molar-refractivity contribution in [3.8, 4) is 5.75 Å². The number of benzene rings is 3. The summed E-state index contributed by atoms with van der Waals surface area (Å²) < 4.78 is 5.39. The molecule has 1 aliphatic heterocycles. The monoisotopic (exact) mass is 360 g/mol. The molecular formula is C23H26N3O+. The SMILES string of the molecule is COc1ccccc1C=NN1CC[NH+](Cc2cccc3ccccc23)CC1. The van der Waals surface area contributed by atoms with Gasteiger partial charge < -0.3 is 9.64 Å². The third kappa shape index (κ3) is 4.12. The van der Waals surface area contributed by atoms with E-state index in [9.17, 15) is 0 Å². The molecule has 27 heavy (non-hydrogen) atoms. The summed E-state index contributed by atoms with van der Waals surface area (Å²) in [5, 5.41) is 9.54. The second-order valence-corrected chi connectivity index (χ2v) is 7.01. The average molecular weight is 360 g/mol. The highest BCUT2D eigenvalue weighted by molar-refractivity contribution is 5.85. The highest BCUT2D eigenvalue weighted by atomic mass is 16.5. The number of piperazine rings is 1. The van der Waals surface area contributed by atoms with Crippen LogP contribution in [-0.2, 0) is 6.54 Å². The summed E-state index contributed by atoms with van der Waals surface area (Å²) in [6, 6.07) is 23.3. The molecule has 1 heterocycles. The molecule has 138 valence electrons. The second kappa shape index (κ2) is 8.23. The largest absolute Gasteiger partial charge is 0.496 e. The molecule has 0 aromatic heterocycles. The molecule has 0 aliphatic carbocycles. The number of ether oxygens (including phenoxy) is 1. The van der Waals surface area contributed by atoms with Gasteiger partial charge in [-0.1, -0.05) is 54.6 Å². The summed E-state index contributed by atoms with van der Waals surface area (Å²) in [5.41, 5.74) is 2.46. The van der Waals surface area contributed by atoms with Crippen LogP contribution in [-0.4, -0.2) is 44.5 Å². The minimum absolute atomic E-state index is 0.862. The van der Waals surface area contributed by atoms with E-state index in [-0.39, 0.29) is 0 Å². The number of fused-ring (bicyclic) bond motifs is 1. The fraction of sp³-hybridized carbons (Fsp3) is 0.261. The van der Waals surface area contributed by atoms with Crippen molar-refractivity contribution in [3.05, 3.63) is 77.9 Å². The third-order valence-electron chi connectivity index (χ3n) is 5.27. The summed E-state index contributed by atoms with van der Waals surface area (Å²) >= 11 is 0. The minimum atomic E-state index is 0.862. The Morgan fingerprint density at radius 1 is 0.963 bits per heavy atom. The summed E-state index contributed by atoms with van der Waals surface area (Å²) in [4.78, 5) is 1.62. The van der Waals surface area contributed by atoms with Gasteiger partial charge in [-0.25, -0.2) is 0 Å². The Bertz CT molecular complexity index is 924. The van der Waals surface area contributed by atoms with Gasteiger partial charge in [-0.2, -0.15) is 5.10 Å². The minimum Gasteiger partial charge on any atom is -0.496 e. The van der Waals surface area contributed by atoms with Crippen molar-refractivity contribution in [1.82, 2.24) is 5.01 Å². The van der Waals surface area contributed by atoms with Crippen molar-refractivity contribution < 1.29 is 9.64 Å². The summed E-state index contributed by atoms with van der Waals surface area (Å²) in [7, 11) is 1.70. The Morgan fingerprint density at radius 2 is 1.70 bits per heavy atom. The van der Waals surface area contributed by atoms with Crippen LogP contribution in [0.4, 0.5) is 0 Å². The Labute approximate surface area is 160 Å². The van der Waals surface area contributed by atoms with Crippen molar-refractivity contribution >= 4 is 17.0 Å². The topological polar surface area (TPSA) is 29.3 Å². The predicted octanol–water partition coefficient (Wildman–Crippen LogP) is 2.58. The maximum atomic E-state index is 5.39. The molecule has 0 atom stereocenters. The summed E-state index contributed by atoms with van der Waals surface area (Å²) in [6.45, 7) is 5.24. The molecule has 4 rings (SSSR count). The molecule has 0 saturated carbocycles. The van der Waals surface area contributed by atoms with Crippen LogP contribution < -0.4 is 9.64 Å². The highest BCUT2D eigenvalue weighted by Gasteiger charge is 2.19. The molecule has 4 heteroatoms. The van der Waals surface area contributed by atoms with E-state index in [4.69, 9.17) is 4.74 Å². The molecule has 1 saturated heterocycles. The van der Waals surface area contributed by atoms with Crippen molar-refractivity contribution in [2.24, 2.45) is 5.10 Å². The van der Waals surface area contributed by atoms with Crippen LogP contribution in [0.15, 0.2) is 71.8 Å². The fourth-order valence-electron chi connectivity index (χ4n) is 3.74. The first-order chi connectivity index (χ1) is 13.3. The Morgan fingerprint density at radius 3 is 2.56 bits per heavy atom. The third-order valence-corrected chi connectivity index (χ3v) is 5.27. The number of quaternary nitrogens is 1. The van der Waals surface area contributed by atoms with E-state index in [0.717, 1.165) is 44.0 Å². The van der Waals surface area contributed by atoms with Crippen molar-refractivity contribution in [1.29, 1.82) is 0 Å². The number of nitrogens with zero attached hydrogens (tertiary/aromatic N) is 2. The lowest BCUT2D eigenvalue weighted by atomic mass is 10.0. The van der Waals surface area contributed by atoms with Gasteiger partial charge in [0.25, 0.3) is 0 Å². The zero-order chi connectivity index (χ0) is 18.5. The van der Waals surface area contributed by atoms with Gasteiger partial charge >= 0.3 is 0 Å². The van der Waals surface area contributed by atoms with Gasteiger partial charge in [0, 0.05) is 11.1 Å². The molecule has 3 aromatic carbocycles. The van der Waals surface area contributed by atoms with E-state index in [1.165, 1.54) is 16.3 Å². The van der Waals surface area contributed by atoms with Crippen LogP contribution in [0.5, 0.6) is 5.75 Å². The van der Waals surface area contributed by atoms with Crippen molar-refractivity contribution in [2.45, 2.75) is 6.54 Å². The first-order valence-electron chi connectivity index (χ1n) is 9.55. The Kier molecular flexibility index (Phi) is 5.35. The van der Waals surface area contributed by atoms with Crippen molar-refractivity contribution in [3.63, 3.8) is 0 Å². The van der Waals surface area contributed by atoms with Gasteiger partial charge in [-0.15, -0.1) is 0 Å². The standard InChI is InChI=1S/C23H25N3O/c1-27-23-12-5-3-8-20(23)17-24-26-15-13-25(14-16-26)18-21-10-6-9-19-7-2-4-11-22(19)21/h2-12,17H,13-16,18H2,1H3/p+1. The number of hydrogen-bond donors (Lipinski definition) is 1. The number of hydrogen-bond acceptors (Lipinski definition) is 3. The van der Waals surface area contributed by atoms with Gasteiger partial charge in [0.2, 0.25) is 0 Å². The van der Waals surface area contributed by atoms with Gasteiger partial charge in [0.05, 0.1) is 39.5 Å². The molecule has 1 aliphatic rings. The lowest BCUT2D eigenvalue weighted by Crippen LogP contribution is -3.13. The highest BCUT2D eigenvalue weighted by Crippen LogP contribution is 2.18. The second-order valence-electron chi connectivity index (χ2n) is 7.01. The van der Waals surface area contributed by atoms with Crippen LogP contribution >= 0.6 is 0 Å². The fourth-order valence-corrected chi connectivity index (χ4v) is 3.74. The predicted molar refractivity (Wildman–Crippen MR) is 111 cm³/mol. The van der Waals surface area contributed by atoms with E-state index >= 15 is 0 Å². The van der Waals surface area contributed by atoms with Crippen LogP contribution in [0.1, 0.15) is 11.1 Å². The van der Waals surface area contributed by atoms with E-state index in [1.807, 2.05) is 30.5 Å². The van der Waals surface area contributed by atoms with Crippen molar-refractivity contribution in [2.75, 3.05) is 33.3 Å². The van der Waals surface area contributed by atoms with Crippen LogP contribution in [0, 0.1) is 0 Å². The van der Waals surface area contributed by atoms with Crippen LogP contribution in [0.25, 0.3) is 10.8 Å². The van der Waals surface area contributed by atoms with Gasteiger partial charge in [0.1, 0.15) is 12.3 Å². The van der Waals surface area contributed by atoms with Crippen LogP contribution in [0.2, 0.25) is 0 Å². The van der Waals surface area contributed by atoms with Crippen LogP contribution in [0.3, 0.4) is 0 Å². The number of para-hydroxylation sites is 1. The molecular weight excluding hydrogens is 334 g/mol. The molecule has 0 radical (unpaired) electrons. The Balaban J connectivity index is 1.37. The maximum absolute atomic E-state index is 5.39. The molecule has 4 nitrogen and oxygen atoms in total. The molecule has 0 amide bonds. The summed E-state index contributed by atoms with van der Waals surface area (Å²) in [5.74, 6) is 0.862. The number of rotatable bonds is 5. The lowest BCUT2D eigenvalue weighted by Gasteiger charge is -2.30. The summed E-state index contributed by atoms with van der Waals surface area (Å²) in [6.07, 6.45) is 1.91. The molecule has 0 spiro atoms. The molecule has 0 bridgehead atoms. The lowest BCUT2D eigenvalue weighted by molar-refractivity contribution is -0.918. The molecule has 1 N–H and O–H groups in total. The number of methoxy groups -OCH3 is 1. The zero-order valence-electron chi connectivity index (χ0n) is 15.8. The zero-order valence-corrected chi connectivity index (χ0v) is 15.8. The normalized spacial score (nSPS) is 15.5. The number of hydrazone groups is 1. The molecule has 0 unspecified atom stereocenters. The van der Waals surface area contributed by atoms with E-state index in [2.05, 4.69) is 52.6 Å². The first kappa shape index (κ1) is 17.6. The molecule has 1 fully saturated rings. The first-order valence-corrected chi connectivity index (χ1v) is 9.55. The van der Waals surface area contributed by atoms with E-state index < -0.39 is 0 Å². The van der Waals surface area contributed by atoms with E-state index in [1.54, 1.807) is 12.0 Å². The average Bonchev–Trinajstić information content (AvgIpc) is 2.74. The van der Waals surface area contributed by atoms with Gasteiger partial charge in [-0.05, 0) is 22.9 Å². The molecule has 3 aromatic rings. The smallest absolute Gasteiger partial charge is 0.127 e.